The molecule has 0 bridgehead atoms. The van der Waals surface area contributed by atoms with Crippen molar-refractivity contribution >= 4 is 37.4 Å². The summed E-state index contributed by atoms with van der Waals surface area (Å²) in [5.41, 5.74) is 0. The van der Waals surface area contributed by atoms with E-state index in [4.69, 9.17) is 15.3 Å². The summed E-state index contributed by atoms with van der Waals surface area (Å²) in [4.78, 5) is 9.52. The van der Waals surface area contributed by atoms with Gasteiger partial charge in [-0.05, 0) is 20.6 Å². The Bertz CT molecular complexity index is 155. The van der Waals surface area contributed by atoms with E-state index in [9.17, 15) is 4.79 Å². The Kier molecular flexibility index (Phi) is 7.93. The molecule has 1 aliphatic rings. The normalized spacial score (nSPS) is 16.5. The minimum absolute atomic E-state index is 0.727. The van der Waals surface area contributed by atoms with Crippen molar-refractivity contribution in [3.05, 3.63) is 10.8 Å². The summed E-state index contributed by atoms with van der Waals surface area (Å²) < 4.78 is 0. The SMILES string of the molecule is C1=CSSS1.O=C(O)C(O)CO. The second-order valence-electron chi connectivity index (χ2n) is 1.57. The maximum absolute atomic E-state index is 9.52. The van der Waals surface area contributed by atoms with Crippen molar-refractivity contribution in [2.45, 2.75) is 6.10 Å². The van der Waals surface area contributed by atoms with E-state index in [-0.39, 0.29) is 0 Å². The van der Waals surface area contributed by atoms with Crippen molar-refractivity contribution in [2.24, 2.45) is 0 Å². The minimum atomic E-state index is -1.63. The standard InChI is InChI=1S/C3H6O4.C2H2S3/c4-1-2(5)3(6)7;1-2-4-5-3-1/h2,4-5H,1H2,(H,6,7);1-2H. The van der Waals surface area contributed by atoms with Crippen molar-refractivity contribution in [1.29, 1.82) is 0 Å². The first-order valence-corrected chi connectivity index (χ1v) is 6.45. The van der Waals surface area contributed by atoms with Gasteiger partial charge in [0.05, 0.1) is 6.61 Å². The predicted molar refractivity (Wildman–Crippen MR) is 52.6 cm³/mol. The van der Waals surface area contributed by atoms with Crippen LogP contribution in [0.5, 0.6) is 0 Å². The lowest BCUT2D eigenvalue weighted by Crippen LogP contribution is -2.22. The number of aliphatic carboxylic acids is 1. The van der Waals surface area contributed by atoms with Crippen LogP contribution in [0.25, 0.3) is 0 Å². The molecule has 0 aromatic heterocycles. The molecule has 0 aliphatic carbocycles. The van der Waals surface area contributed by atoms with Crippen molar-refractivity contribution < 1.29 is 20.1 Å². The van der Waals surface area contributed by atoms with E-state index in [2.05, 4.69) is 10.8 Å². The Morgan fingerprint density at radius 2 is 1.92 bits per heavy atom. The van der Waals surface area contributed by atoms with Gasteiger partial charge in [0.2, 0.25) is 0 Å². The van der Waals surface area contributed by atoms with Gasteiger partial charge in [-0.3, -0.25) is 0 Å². The average Bonchev–Trinajstić information content (AvgIpc) is 2.59. The van der Waals surface area contributed by atoms with Crippen LogP contribution in [0, 0.1) is 0 Å². The third-order valence-corrected chi connectivity index (χ3v) is 4.08. The summed E-state index contributed by atoms with van der Waals surface area (Å²) in [6.07, 6.45) is -1.63. The second kappa shape index (κ2) is 7.81. The monoisotopic (exact) mass is 228 g/mol. The number of carboxylic acids is 1. The van der Waals surface area contributed by atoms with E-state index in [1.807, 2.05) is 0 Å². The molecule has 12 heavy (non-hydrogen) atoms. The van der Waals surface area contributed by atoms with Crippen LogP contribution in [0.3, 0.4) is 0 Å². The first-order chi connectivity index (χ1) is 5.68. The lowest BCUT2D eigenvalue weighted by Gasteiger charge is -1.95. The van der Waals surface area contributed by atoms with Crippen molar-refractivity contribution in [3.8, 4) is 0 Å². The summed E-state index contributed by atoms with van der Waals surface area (Å²) in [7, 11) is 5.34. The number of rotatable bonds is 2. The van der Waals surface area contributed by atoms with Crippen LogP contribution in [0.1, 0.15) is 0 Å². The Labute approximate surface area is 81.2 Å². The minimum Gasteiger partial charge on any atom is -0.479 e. The lowest BCUT2D eigenvalue weighted by atomic mass is 10.4. The van der Waals surface area contributed by atoms with Gasteiger partial charge in [-0.2, -0.15) is 0 Å². The van der Waals surface area contributed by atoms with E-state index in [1.165, 1.54) is 0 Å². The number of carbonyl (C=O) groups is 1. The Balaban J connectivity index is 0.000000211. The molecule has 1 atom stereocenters. The molecular formula is C5H8O4S3. The first kappa shape index (κ1) is 12.2. The highest BCUT2D eigenvalue weighted by molar-refractivity contribution is 9.11. The molecule has 0 saturated carbocycles. The maximum atomic E-state index is 9.52. The first-order valence-electron chi connectivity index (χ1n) is 2.84. The van der Waals surface area contributed by atoms with Gasteiger partial charge >= 0.3 is 5.97 Å². The molecule has 1 unspecified atom stereocenters. The van der Waals surface area contributed by atoms with Crippen LogP contribution in [0.2, 0.25) is 0 Å². The number of aliphatic hydroxyl groups is 2. The molecule has 0 radical (unpaired) electrons. The molecule has 0 aromatic rings. The van der Waals surface area contributed by atoms with E-state index in [1.54, 1.807) is 31.4 Å². The fraction of sp³-hybridized carbons (Fsp3) is 0.400. The highest BCUT2D eigenvalue weighted by Crippen LogP contribution is 2.42. The summed E-state index contributed by atoms with van der Waals surface area (Å²) in [5, 5.41) is 27.9. The molecule has 0 fully saturated rings. The van der Waals surface area contributed by atoms with E-state index in [0.29, 0.717) is 0 Å². The highest BCUT2D eigenvalue weighted by atomic mass is 33.5. The molecule has 1 aliphatic heterocycles. The number of hydrogen-bond acceptors (Lipinski definition) is 6. The van der Waals surface area contributed by atoms with Crippen LogP contribution < -0.4 is 0 Å². The van der Waals surface area contributed by atoms with Gasteiger partial charge in [0, 0.05) is 0 Å². The third kappa shape index (κ3) is 6.86. The number of carboxylic acid groups (broad SMARTS) is 1. The summed E-state index contributed by atoms with van der Waals surface area (Å²) in [6, 6.07) is 0. The zero-order valence-electron chi connectivity index (χ0n) is 5.91. The van der Waals surface area contributed by atoms with Gasteiger partial charge in [0.1, 0.15) is 0 Å². The Hall–Kier alpha value is 0.180. The van der Waals surface area contributed by atoms with Crippen molar-refractivity contribution in [3.63, 3.8) is 0 Å². The zero-order valence-corrected chi connectivity index (χ0v) is 8.36. The molecule has 3 N–H and O–H groups in total. The molecule has 0 amide bonds. The molecule has 7 heteroatoms. The smallest absolute Gasteiger partial charge is 0.334 e. The number of aliphatic hydroxyl groups excluding tert-OH is 2. The zero-order chi connectivity index (χ0) is 9.40. The fourth-order valence-electron chi connectivity index (χ4n) is 0.191. The van der Waals surface area contributed by atoms with Gasteiger partial charge in [-0.15, -0.1) is 0 Å². The molecule has 4 nitrogen and oxygen atoms in total. The fourth-order valence-corrected chi connectivity index (χ4v) is 3.14. The van der Waals surface area contributed by atoms with Crippen molar-refractivity contribution in [1.82, 2.24) is 0 Å². The highest BCUT2D eigenvalue weighted by Gasteiger charge is 2.08. The quantitative estimate of drug-likeness (QED) is 0.607. The van der Waals surface area contributed by atoms with Crippen LogP contribution in [0.15, 0.2) is 10.8 Å². The van der Waals surface area contributed by atoms with Crippen LogP contribution in [0.4, 0.5) is 0 Å². The number of hydrogen-bond donors (Lipinski definition) is 3. The molecule has 0 aromatic carbocycles. The predicted octanol–water partition coefficient (Wildman–Crippen LogP) is 0.925. The topological polar surface area (TPSA) is 77.8 Å². The summed E-state index contributed by atoms with van der Waals surface area (Å²) in [6.45, 7) is -0.727. The molecule has 1 rings (SSSR count). The van der Waals surface area contributed by atoms with Gasteiger partial charge in [-0.25, -0.2) is 4.79 Å². The van der Waals surface area contributed by atoms with E-state index < -0.39 is 18.7 Å². The Morgan fingerprint density at radius 3 is 2.00 bits per heavy atom. The summed E-state index contributed by atoms with van der Waals surface area (Å²) in [5.74, 6) is -1.40. The maximum Gasteiger partial charge on any atom is 0.334 e. The third-order valence-electron chi connectivity index (χ3n) is 0.703. The molecule has 1 heterocycles. The molecule has 0 spiro atoms. The van der Waals surface area contributed by atoms with Crippen molar-refractivity contribution in [2.75, 3.05) is 6.61 Å². The van der Waals surface area contributed by atoms with E-state index in [0.717, 1.165) is 0 Å². The van der Waals surface area contributed by atoms with Crippen LogP contribution >= 0.6 is 31.4 Å². The molecule has 0 saturated heterocycles. The average molecular weight is 228 g/mol. The largest absolute Gasteiger partial charge is 0.479 e. The second-order valence-corrected chi connectivity index (χ2v) is 5.42. The van der Waals surface area contributed by atoms with Crippen LogP contribution in [-0.2, 0) is 4.79 Å². The van der Waals surface area contributed by atoms with Crippen LogP contribution in [-0.4, -0.2) is 34.0 Å². The van der Waals surface area contributed by atoms with Gasteiger partial charge in [-0.1, -0.05) is 21.6 Å². The molecular weight excluding hydrogens is 220 g/mol. The molecule has 70 valence electrons. The Morgan fingerprint density at radius 1 is 1.42 bits per heavy atom. The summed E-state index contributed by atoms with van der Waals surface area (Å²) >= 11 is 0. The van der Waals surface area contributed by atoms with Gasteiger partial charge < -0.3 is 15.3 Å². The van der Waals surface area contributed by atoms with Gasteiger partial charge in [0.15, 0.2) is 6.10 Å². The van der Waals surface area contributed by atoms with Gasteiger partial charge in [0.25, 0.3) is 0 Å². The lowest BCUT2D eigenvalue weighted by molar-refractivity contribution is -0.148. The van der Waals surface area contributed by atoms with E-state index >= 15 is 0 Å².